The quantitative estimate of drug-likeness (QED) is 0.898. The van der Waals surface area contributed by atoms with Crippen molar-refractivity contribution in [3.8, 4) is 0 Å². The SMILES string of the molecule is COCc1c(F)cc(C2(C)CCCN2)cc1Cl. The lowest BCUT2D eigenvalue weighted by atomic mass is 9.90. The van der Waals surface area contributed by atoms with Crippen LogP contribution in [0.15, 0.2) is 12.1 Å². The van der Waals surface area contributed by atoms with E-state index in [0.29, 0.717) is 10.6 Å². The highest BCUT2D eigenvalue weighted by Gasteiger charge is 2.31. The van der Waals surface area contributed by atoms with Crippen molar-refractivity contribution in [3.63, 3.8) is 0 Å². The average molecular weight is 258 g/mol. The highest BCUT2D eigenvalue weighted by atomic mass is 35.5. The lowest BCUT2D eigenvalue weighted by Crippen LogP contribution is -2.33. The molecule has 0 aliphatic carbocycles. The van der Waals surface area contributed by atoms with E-state index in [0.717, 1.165) is 24.9 Å². The molecule has 1 heterocycles. The van der Waals surface area contributed by atoms with Gasteiger partial charge >= 0.3 is 0 Å². The average Bonchev–Trinajstić information content (AvgIpc) is 2.72. The van der Waals surface area contributed by atoms with E-state index < -0.39 is 0 Å². The van der Waals surface area contributed by atoms with E-state index in [1.807, 2.05) is 6.07 Å². The molecule has 0 radical (unpaired) electrons. The van der Waals surface area contributed by atoms with Crippen molar-refractivity contribution in [1.29, 1.82) is 0 Å². The van der Waals surface area contributed by atoms with Gasteiger partial charge in [-0.25, -0.2) is 4.39 Å². The third-order valence-corrected chi connectivity index (χ3v) is 3.77. The molecule has 1 saturated heterocycles. The van der Waals surface area contributed by atoms with Gasteiger partial charge in [-0.3, -0.25) is 0 Å². The molecule has 2 nitrogen and oxygen atoms in total. The molecule has 0 amide bonds. The Morgan fingerprint density at radius 1 is 1.53 bits per heavy atom. The molecule has 0 bridgehead atoms. The predicted molar refractivity (Wildman–Crippen MR) is 66.7 cm³/mol. The minimum atomic E-state index is -0.288. The van der Waals surface area contributed by atoms with E-state index in [4.69, 9.17) is 16.3 Å². The summed E-state index contributed by atoms with van der Waals surface area (Å²) in [5.74, 6) is -0.288. The minimum absolute atomic E-state index is 0.157. The van der Waals surface area contributed by atoms with Gasteiger partial charge in [-0.15, -0.1) is 0 Å². The van der Waals surface area contributed by atoms with Crippen LogP contribution in [0.1, 0.15) is 30.9 Å². The van der Waals surface area contributed by atoms with Crippen molar-refractivity contribution >= 4 is 11.6 Å². The molecule has 1 aromatic carbocycles. The molecule has 0 saturated carbocycles. The Morgan fingerprint density at radius 3 is 2.82 bits per heavy atom. The lowest BCUT2D eigenvalue weighted by molar-refractivity contribution is 0.181. The van der Waals surface area contributed by atoms with Crippen molar-refractivity contribution < 1.29 is 9.13 Å². The summed E-state index contributed by atoms with van der Waals surface area (Å²) in [6, 6.07) is 3.41. The number of methoxy groups -OCH3 is 1. The molecule has 1 aliphatic rings. The standard InChI is InChI=1S/C13H17ClFNO/c1-13(4-3-5-16-13)9-6-11(14)10(8-17-2)12(15)7-9/h6-7,16H,3-5,8H2,1-2H3. The van der Waals surface area contributed by atoms with Crippen LogP contribution >= 0.6 is 11.6 Å². The highest BCUT2D eigenvalue weighted by molar-refractivity contribution is 6.31. The van der Waals surface area contributed by atoms with Crippen LogP contribution in [0.25, 0.3) is 0 Å². The smallest absolute Gasteiger partial charge is 0.130 e. The molecule has 0 aromatic heterocycles. The zero-order valence-electron chi connectivity index (χ0n) is 10.1. The second kappa shape index (κ2) is 4.92. The first kappa shape index (κ1) is 12.8. The Hall–Kier alpha value is -0.640. The number of ether oxygens (including phenoxy) is 1. The van der Waals surface area contributed by atoms with E-state index >= 15 is 0 Å². The van der Waals surface area contributed by atoms with Gasteiger partial charge in [0.05, 0.1) is 6.61 Å². The van der Waals surface area contributed by atoms with Crippen molar-refractivity contribution in [2.75, 3.05) is 13.7 Å². The number of rotatable bonds is 3. The van der Waals surface area contributed by atoms with Crippen molar-refractivity contribution in [2.45, 2.75) is 31.9 Å². The molecule has 4 heteroatoms. The Balaban J connectivity index is 2.38. The van der Waals surface area contributed by atoms with Gasteiger partial charge in [0.15, 0.2) is 0 Å². The second-order valence-corrected chi connectivity index (χ2v) is 5.12. The first-order chi connectivity index (χ1) is 8.07. The number of benzene rings is 1. The highest BCUT2D eigenvalue weighted by Crippen LogP contribution is 2.34. The topological polar surface area (TPSA) is 21.3 Å². The van der Waals surface area contributed by atoms with Gasteiger partial charge in [0.1, 0.15) is 5.82 Å². The van der Waals surface area contributed by atoms with Crippen LogP contribution in [0.5, 0.6) is 0 Å². The molecule has 1 aliphatic heterocycles. The summed E-state index contributed by atoms with van der Waals surface area (Å²) in [6.07, 6.45) is 2.11. The van der Waals surface area contributed by atoms with Crippen LogP contribution in [0.4, 0.5) is 4.39 Å². The van der Waals surface area contributed by atoms with Crippen molar-refractivity contribution in [1.82, 2.24) is 5.32 Å². The third-order valence-electron chi connectivity index (χ3n) is 3.44. The van der Waals surface area contributed by atoms with Gasteiger partial charge < -0.3 is 10.1 Å². The molecule has 1 atom stereocenters. The monoisotopic (exact) mass is 257 g/mol. The number of halogens is 2. The Labute approximate surface area is 106 Å². The van der Waals surface area contributed by atoms with Gasteiger partial charge in [-0.2, -0.15) is 0 Å². The molecule has 1 unspecified atom stereocenters. The van der Waals surface area contributed by atoms with Crippen molar-refractivity contribution in [3.05, 3.63) is 34.1 Å². The van der Waals surface area contributed by atoms with E-state index in [9.17, 15) is 4.39 Å². The summed E-state index contributed by atoms with van der Waals surface area (Å²) >= 11 is 6.11. The molecule has 1 aromatic rings. The van der Waals surface area contributed by atoms with Crippen LogP contribution in [0, 0.1) is 5.82 Å². The first-order valence-corrected chi connectivity index (χ1v) is 6.17. The van der Waals surface area contributed by atoms with E-state index in [-0.39, 0.29) is 18.0 Å². The Bertz CT molecular complexity index is 393. The molecular formula is C13H17ClFNO. The normalized spacial score (nSPS) is 24.2. The minimum Gasteiger partial charge on any atom is -0.380 e. The summed E-state index contributed by atoms with van der Waals surface area (Å²) < 4.78 is 18.9. The van der Waals surface area contributed by atoms with E-state index in [1.165, 1.54) is 7.11 Å². The summed E-state index contributed by atoms with van der Waals surface area (Å²) in [5.41, 5.74) is 1.19. The molecule has 1 N–H and O–H groups in total. The van der Waals surface area contributed by atoms with Gasteiger partial charge in [-0.05, 0) is 44.0 Å². The first-order valence-electron chi connectivity index (χ1n) is 5.79. The van der Waals surface area contributed by atoms with Crippen molar-refractivity contribution in [2.24, 2.45) is 0 Å². The van der Waals surface area contributed by atoms with Gasteiger partial charge in [-0.1, -0.05) is 11.6 Å². The molecule has 0 spiro atoms. The number of nitrogens with one attached hydrogen (secondary N) is 1. The number of hydrogen-bond donors (Lipinski definition) is 1. The van der Waals surface area contributed by atoms with Crippen LogP contribution < -0.4 is 5.32 Å². The van der Waals surface area contributed by atoms with E-state index in [1.54, 1.807) is 6.07 Å². The molecule has 17 heavy (non-hydrogen) atoms. The van der Waals surface area contributed by atoms with Crippen LogP contribution in [0.2, 0.25) is 5.02 Å². The maximum Gasteiger partial charge on any atom is 0.130 e. The van der Waals surface area contributed by atoms with Crippen LogP contribution in [-0.2, 0) is 16.9 Å². The maximum absolute atomic E-state index is 13.9. The summed E-state index contributed by atoms with van der Waals surface area (Å²) in [6.45, 7) is 3.26. The fourth-order valence-electron chi connectivity index (χ4n) is 2.34. The third kappa shape index (κ3) is 2.46. The predicted octanol–water partition coefficient (Wildman–Crippen LogP) is 3.22. The maximum atomic E-state index is 13.9. The Kier molecular flexibility index (Phi) is 3.71. The second-order valence-electron chi connectivity index (χ2n) is 4.71. The lowest BCUT2D eigenvalue weighted by Gasteiger charge is -2.26. The van der Waals surface area contributed by atoms with Crippen LogP contribution in [-0.4, -0.2) is 13.7 Å². The number of hydrogen-bond acceptors (Lipinski definition) is 2. The largest absolute Gasteiger partial charge is 0.380 e. The zero-order chi connectivity index (χ0) is 12.5. The molecular weight excluding hydrogens is 241 g/mol. The summed E-state index contributed by atoms with van der Waals surface area (Å²) in [7, 11) is 1.53. The molecule has 2 rings (SSSR count). The van der Waals surface area contributed by atoms with Crippen LogP contribution in [0.3, 0.4) is 0 Å². The molecule has 94 valence electrons. The summed E-state index contributed by atoms with van der Waals surface area (Å²) in [4.78, 5) is 0. The fourth-order valence-corrected chi connectivity index (χ4v) is 2.61. The summed E-state index contributed by atoms with van der Waals surface area (Å²) in [5, 5.41) is 3.84. The zero-order valence-corrected chi connectivity index (χ0v) is 10.9. The van der Waals surface area contributed by atoms with Gasteiger partial charge in [0, 0.05) is 23.2 Å². The van der Waals surface area contributed by atoms with E-state index in [2.05, 4.69) is 12.2 Å². The molecule has 1 fully saturated rings. The Morgan fingerprint density at radius 2 is 2.29 bits per heavy atom. The van der Waals surface area contributed by atoms with Gasteiger partial charge in [0.25, 0.3) is 0 Å². The fraction of sp³-hybridized carbons (Fsp3) is 0.538. The van der Waals surface area contributed by atoms with Gasteiger partial charge in [0.2, 0.25) is 0 Å².